The van der Waals surface area contributed by atoms with Crippen molar-refractivity contribution in [1.29, 1.82) is 0 Å². The van der Waals surface area contributed by atoms with E-state index in [4.69, 9.17) is 0 Å². The topological polar surface area (TPSA) is 24.9 Å². The maximum absolute atomic E-state index is 4.24. The van der Waals surface area contributed by atoms with Crippen molar-refractivity contribution in [2.45, 2.75) is 0 Å². The van der Waals surface area contributed by atoms with E-state index in [0.29, 0.717) is 0 Å². The summed E-state index contributed by atoms with van der Waals surface area (Å²) < 4.78 is 5.48. The number of nitrogens with zero attached hydrogens (tertiary/aromatic N) is 1. The number of hydrogen-bond donors (Lipinski definition) is 1. The monoisotopic (exact) mass is 164 g/mol. The smallest absolute Gasteiger partial charge is 0.147 e. The lowest BCUT2D eigenvalue weighted by Crippen LogP contribution is -1.86. The van der Waals surface area contributed by atoms with Crippen LogP contribution in [0.1, 0.15) is 0 Å². The largest absolute Gasteiger partial charge is 0.372 e. The van der Waals surface area contributed by atoms with Gasteiger partial charge >= 0.3 is 0 Å². The molecule has 1 heterocycles. The third kappa shape index (κ3) is 0.973. The van der Waals surface area contributed by atoms with E-state index < -0.39 is 0 Å². The van der Waals surface area contributed by atoms with Crippen molar-refractivity contribution < 1.29 is 0 Å². The van der Waals surface area contributed by atoms with Crippen molar-refractivity contribution in [1.82, 2.24) is 4.37 Å². The molecule has 0 aliphatic carbocycles. The molecule has 0 saturated heterocycles. The second kappa shape index (κ2) is 2.51. The fourth-order valence-corrected chi connectivity index (χ4v) is 1.85. The van der Waals surface area contributed by atoms with Gasteiger partial charge in [0.15, 0.2) is 0 Å². The van der Waals surface area contributed by atoms with Gasteiger partial charge in [0.2, 0.25) is 0 Å². The van der Waals surface area contributed by atoms with Crippen LogP contribution in [-0.4, -0.2) is 11.4 Å². The van der Waals surface area contributed by atoms with Crippen molar-refractivity contribution >= 4 is 27.4 Å². The van der Waals surface area contributed by atoms with E-state index in [2.05, 4.69) is 21.8 Å². The normalized spacial score (nSPS) is 10.3. The Morgan fingerprint density at radius 2 is 2.18 bits per heavy atom. The molecule has 3 heteroatoms. The maximum atomic E-state index is 4.24. The fraction of sp³-hybridized carbons (Fsp3) is 0.125. The van der Waals surface area contributed by atoms with Crippen molar-refractivity contribution in [2.75, 3.05) is 12.4 Å². The van der Waals surface area contributed by atoms with E-state index in [1.807, 2.05) is 19.2 Å². The average Bonchev–Trinajstić information content (AvgIpc) is 2.47. The summed E-state index contributed by atoms with van der Waals surface area (Å²) in [4.78, 5) is 0. The number of nitrogens with one attached hydrogen (secondary N) is 1. The van der Waals surface area contributed by atoms with E-state index in [9.17, 15) is 0 Å². The molecule has 0 atom stereocenters. The molecule has 0 radical (unpaired) electrons. The Morgan fingerprint density at radius 3 is 3.00 bits per heavy atom. The quantitative estimate of drug-likeness (QED) is 0.699. The Kier molecular flexibility index (Phi) is 1.51. The van der Waals surface area contributed by atoms with Crippen LogP contribution in [0.5, 0.6) is 0 Å². The van der Waals surface area contributed by atoms with Gasteiger partial charge in [-0.1, -0.05) is 12.1 Å². The Labute approximate surface area is 69.0 Å². The fourth-order valence-electron chi connectivity index (χ4n) is 1.07. The standard InChI is InChI=1S/C8H8N2S/c1-9-8-6-4-2-3-5-7(6)11-10-8/h2-5H,1H3,(H,9,10). The summed E-state index contributed by atoms with van der Waals surface area (Å²) in [6.45, 7) is 0. The van der Waals surface area contributed by atoms with E-state index >= 15 is 0 Å². The van der Waals surface area contributed by atoms with Crippen LogP contribution in [0, 0.1) is 0 Å². The van der Waals surface area contributed by atoms with Gasteiger partial charge in [0.1, 0.15) is 5.82 Å². The lowest BCUT2D eigenvalue weighted by atomic mass is 10.3. The molecular weight excluding hydrogens is 156 g/mol. The summed E-state index contributed by atoms with van der Waals surface area (Å²) >= 11 is 1.53. The molecule has 0 fully saturated rings. The Bertz CT molecular complexity index is 367. The number of rotatable bonds is 1. The molecule has 0 amide bonds. The predicted octanol–water partition coefficient (Wildman–Crippen LogP) is 2.34. The van der Waals surface area contributed by atoms with Crippen molar-refractivity contribution in [2.24, 2.45) is 0 Å². The summed E-state index contributed by atoms with van der Waals surface area (Å²) in [5.41, 5.74) is 0. The Morgan fingerprint density at radius 1 is 1.36 bits per heavy atom. The van der Waals surface area contributed by atoms with Crippen molar-refractivity contribution in [3.63, 3.8) is 0 Å². The zero-order valence-electron chi connectivity index (χ0n) is 6.16. The lowest BCUT2D eigenvalue weighted by Gasteiger charge is -1.91. The van der Waals surface area contributed by atoms with Gasteiger partial charge in [0.05, 0.1) is 4.70 Å². The summed E-state index contributed by atoms with van der Waals surface area (Å²) in [6.07, 6.45) is 0. The molecule has 0 bridgehead atoms. The summed E-state index contributed by atoms with van der Waals surface area (Å²) in [5, 5.41) is 4.26. The third-order valence-electron chi connectivity index (χ3n) is 1.61. The van der Waals surface area contributed by atoms with Crippen LogP contribution in [0.25, 0.3) is 10.1 Å². The molecule has 2 aromatic rings. The van der Waals surface area contributed by atoms with E-state index in [0.717, 1.165) is 5.82 Å². The van der Waals surface area contributed by atoms with Crippen LogP contribution >= 0.6 is 11.5 Å². The van der Waals surface area contributed by atoms with Crippen molar-refractivity contribution in [3.8, 4) is 0 Å². The molecule has 2 nitrogen and oxygen atoms in total. The molecule has 0 aliphatic heterocycles. The van der Waals surface area contributed by atoms with E-state index in [1.165, 1.54) is 21.6 Å². The Hall–Kier alpha value is -1.09. The summed E-state index contributed by atoms with van der Waals surface area (Å²) in [7, 11) is 1.89. The first kappa shape index (κ1) is 6.61. The molecule has 0 saturated carbocycles. The highest BCUT2D eigenvalue weighted by molar-refractivity contribution is 7.13. The number of anilines is 1. The molecule has 1 aromatic carbocycles. The number of fused-ring (bicyclic) bond motifs is 1. The summed E-state index contributed by atoms with van der Waals surface area (Å²) in [5.74, 6) is 0.977. The first-order valence-electron chi connectivity index (χ1n) is 3.44. The molecule has 1 aromatic heterocycles. The molecular formula is C8H8N2S. The van der Waals surface area contributed by atoms with Crippen LogP contribution in [0.3, 0.4) is 0 Å². The summed E-state index contributed by atoms with van der Waals surface area (Å²) in [6, 6.07) is 8.20. The molecule has 0 aliphatic rings. The van der Waals surface area contributed by atoms with E-state index in [1.54, 1.807) is 0 Å². The van der Waals surface area contributed by atoms with Crippen LogP contribution in [-0.2, 0) is 0 Å². The van der Waals surface area contributed by atoms with Crippen molar-refractivity contribution in [3.05, 3.63) is 24.3 Å². The SMILES string of the molecule is CNc1nsc2ccccc12. The van der Waals surface area contributed by atoms with Gasteiger partial charge in [-0.15, -0.1) is 0 Å². The van der Waals surface area contributed by atoms with Gasteiger partial charge in [0.25, 0.3) is 0 Å². The second-order valence-electron chi connectivity index (χ2n) is 2.28. The van der Waals surface area contributed by atoms with E-state index in [-0.39, 0.29) is 0 Å². The average molecular weight is 164 g/mol. The van der Waals surface area contributed by atoms with Crippen LogP contribution in [0.15, 0.2) is 24.3 Å². The number of hydrogen-bond acceptors (Lipinski definition) is 3. The zero-order valence-corrected chi connectivity index (χ0v) is 6.98. The lowest BCUT2D eigenvalue weighted by molar-refractivity contribution is 1.45. The number of aromatic nitrogens is 1. The molecule has 2 rings (SSSR count). The highest BCUT2D eigenvalue weighted by atomic mass is 32.1. The minimum Gasteiger partial charge on any atom is -0.372 e. The van der Waals surface area contributed by atoms with Gasteiger partial charge < -0.3 is 5.32 Å². The molecule has 0 spiro atoms. The van der Waals surface area contributed by atoms with Crippen LogP contribution in [0.2, 0.25) is 0 Å². The van der Waals surface area contributed by atoms with Crippen LogP contribution < -0.4 is 5.32 Å². The predicted molar refractivity (Wildman–Crippen MR) is 49.2 cm³/mol. The minimum absolute atomic E-state index is 0.977. The first-order valence-corrected chi connectivity index (χ1v) is 4.21. The van der Waals surface area contributed by atoms with Gasteiger partial charge in [-0.05, 0) is 23.7 Å². The third-order valence-corrected chi connectivity index (χ3v) is 2.44. The van der Waals surface area contributed by atoms with Gasteiger partial charge in [-0.25, -0.2) is 0 Å². The number of benzene rings is 1. The molecule has 56 valence electrons. The van der Waals surface area contributed by atoms with Gasteiger partial charge in [-0.3, -0.25) is 0 Å². The highest BCUT2D eigenvalue weighted by Crippen LogP contribution is 2.25. The maximum Gasteiger partial charge on any atom is 0.147 e. The molecule has 1 N–H and O–H groups in total. The second-order valence-corrected chi connectivity index (χ2v) is 3.08. The minimum atomic E-state index is 0.977. The van der Waals surface area contributed by atoms with Gasteiger partial charge in [-0.2, -0.15) is 4.37 Å². The molecule has 0 unspecified atom stereocenters. The molecule has 11 heavy (non-hydrogen) atoms. The first-order chi connectivity index (χ1) is 5.42. The Balaban J connectivity index is 2.76. The van der Waals surface area contributed by atoms with Gasteiger partial charge in [0, 0.05) is 12.4 Å². The van der Waals surface area contributed by atoms with Crippen LogP contribution in [0.4, 0.5) is 5.82 Å². The zero-order chi connectivity index (χ0) is 7.68. The highest BCUT2D eigenvalue weighted by Gasteiger charge is 2.00.